The number of nitrogens with zero attached hydrogens (tertiary/aromatic N) is 4. The maximum absolute atomic E-state index is 13.8. The van der Waals surface area contributed by atoms with Crippen molar-refractivity contribution in [1.82, 2.24) is 24.4 Å². The molecule has 2 N–H and O–H groups in total. The van der Waals surface area contributed by atoms with Crippen LogP contribution in [0, 0.1) is 0 Å². The zero-order valence-corrected chi connectivity index (χ0v) is 29.3. The Morgan fingerprint density at radius 2 is 1.55 bits per heavy atom. The first-order valence-corrected chi connectivity index (χ1v) is 18.3. The highest BCUT2D eigenvalue weighted by atomic mass is 35.5. The van der Waals surface area contributed by atoms with Gasteiger partial charge in [0.2, 0.25) is 10.0 Å². The van der Waals surface area contributed by atoms with Crippen LogP contribution >= 0.6 is 22.9 Å². The molecule has 0 saturated carbocycles. The molecule has 0 aliphatic carbocycles. The summed E-state index contributed by atoms with van der Waals surface area (Å²) in [5.74, 6) is -2.76. The van der Waals surface area contributed by atoms with Crippen LogP contribution < -0.4 is 5.32 Å². The monoisotopic (exact) mass is 737 g/mol. The summed E-state index contributed by atoms with van der Waals surface area (Å²) in [6.07, 6.45) is -4.34. The molecule has 49 heavy (non-hydrogen) atoms. The van der Waals surface area contributed by atoms with E-state index in [2.05, 4.69) is 58.6 Å². The summed E-state index contributed by atoms with van der Waals surface area (Å²) in [5, 5.41) is 13.7. The third kappa shape index (κ3) is 11.9. The molecule has 2 heterocycles. The Labute approximate surface area is 294 Å². The smallest absolute Gasteiger partial charge is 0.475 e. The molecule has 4 aromatic rings. The van der Waals surface area contributed by atoms with Crippen LogP contribution in [0.1, 0.15) is 23.2 Å². The van der Waals surface area contributed by atoms with E-state index < -0.39 is 22.2 Å². The highest BCUT2D eigenvalue weighted by Gasteiger charge is 2.38. The number of rotatable bonds is 13. The van der Waals surface area contributed by atoms with Crippen LogP contribution in [0.5, 0.6) is 0 Å². The molecule has 1 saturated heterocycles. The van der Waals surface area contributed by atoms with Gasteiger partial charge in [-0.15, -0.1) is 11.3 Å². The first-order chi connectivity index (χ1) is 23.3. The zero-order valence-electron chi connectivity index (χ0n) is 26.9. The number of hydrogen-bond donors (Lipinski definition) is 2. The van der Waals surface area contributed by atoms with Gasteiger partial charge in [0.1, 0.15) is 9.90 Å². The molecule has 0 amide bonds. The van der Waals surface area contributed by atoms with Crippen LogP contribution in [0.3, 0.4) is 0 Å². The summed E-state index contributed by atoms with van der Waals surface area (Å²) in [7, 11) is -1.66. The average Bonchev–Trinajstić information content (AvgIpc) is 3.54. The van der Waals surface area contributed by atoms with Gasteiger partial charge in [0, 0.05) is 56.8 Å². The highest BCUT2D eigenvalue weighted by molar-refractivity contribution is 7.89. The van der Waals surface area contributed by atoms with Crippen molar-refractivity contribution in [3.63, 3.8) is 0 Å². The standard InChI is InChI=1S/C32H38ClN5O2S2.C2HF3O2/c1-36-18-20-37(21-19-36)16-7-17-38(42(39,40)31-11-6-5-10-30(31)33)24-29-25-41-32(35-29)28-14-12-27(13-15-28)23-34-22-26-8-3-2-4-9-26;3-2(4,5)1(6)7/h2-6,8-15,25,34H,7,16-24H2,1H3;(H,6,7). The summed E-state index contributed by atoms with van der Waals surface area (Å²) >= 11 is 7.88. The summed E-state index contributed by atoms with van der Waals surface area (Å²) in [6, 6.07) is 25.4. The van der Waals surface area contributed by atoms with Crippen molar-refractivity contribution in [3.05, 3.63) is 106 Å². The van der Waals surface area contributed by atoms with Crippen LogP contribution in [-0.4, -0.2) is 91.1 Å². The van der Waals surface area contributed by atoms with Gasteiger partial charge in [-0.3, -0.25) is 0 Å². The molecule has 1 fully saturated rings. The third-order valence-electron chi connectivity index (χ3n) is 7.77. The van der Waals surface area contributed by atoms with E-state index in [1.165, 1.54) is 26.8 Å². The number of carboxylic acids is 1. The number of halogens is 4. The van der Waals surface area contributed by atoms with Gasteiger partial charge in [-0.05, 0) is 43.3 Å². The van der Waals surface area contributed by atoms with Crippen molar-refractivity contribution < 1.29 is 31.5 Å². The maximum atomic E-state index is 13.8. The average molecular weight is 738 g/mol. The second-order valence-corrected chi connectivity index (χ2v) is 14.7. The van der Waals surface area contributed by atoms with E-state index in [4.69, 9.17) is 26.5 Å². The van der Waals surface area contributed by atoms with Crippen molar-refractivity contribution in [2.75, 3.05) is 46.3 Å². The summed E-state index contributed by atoms with van der Waals surface area (Å²) in [4.78, 5) is 18.6. The number of aliphatic carboxylic acids is 1. The first-order valence-electron chi connectivity index (χ1n) is 15.6. The highest BCUT2D eigenvalue weighted by Crippen LogP contribution is 2.28. The molecule has 1 aromatic heterocycles. The van der Waals surface area contributed by atoms with E-state index in [1.807, 2.05) is 23.6 Å². The second-order valence-electron chi connectivity index (χ2n) is 11.5. The Morgan fingerprint density at radius 1 is 0.959 bits per heavy atom. The Morgan fingerprint density at radius 3 is 2.16 bits per heavy atom. The fraction of sp³-hybridized carbons (Fsp3) is 0.353. The number of alkyl halides is 3. The maximum Gasteiger partial charge on any atom is 0.490 e. The van der Waals surface area contributed by atoms with E-state index in [0.717, 1.165) is 68.5 Å². The topological polar surface area (TPSA) is 106 Å². The first kappa shape index (κ1) is 38.4. The summed E-state index contributed by atoms with van der Waals surface area (Å²) in [6.45, 7) is 7.14. The molecule has 0 unspecified atom stereocenters. The molecule has 1 aliphatic rings. The van der Waals surface area contributed by atoms with Gasteiger partial charge in [-0.25, -0.2) is 18.2 Å². The van der Waals surface area contributed by atoms with E-state index in [9.17, 15) is 21.6 Å². The lowest BCUT2D eigenvalue weighted by atomic mass is 10.1. The van der Waals surface area contributed by atoms with Crippen molar-refractivity contribution in [3.8, 4) is 10.6 Å². The summed E-state index contributed by atoms with van der Waals surface area (Å²) in [5.41, 5.74) is 4.21. The number of hydrogen-bond acceptors (Lipinski definition) is 8. The zero-order chi connectivity index (χ0) is 35.4. The summed E-state index contributed by atoms with van der Waals surface area (Å²) < 4.78 is 60.8. The van der Waals surface area contributed by atoms with Gasteiger partial charge in [0.15, 0.2) is 0 Å². The molecular weight excluding hydrogens is 699 g/mol. The second kappa shape index (κ2) is 18.0. The predicted octanol–water partition coefficient (Wildman–Crippen LogP) is 6.22. The van der Waals surface area contributed by atoms with E-state index in [1.54, 1.807) is 24.3 Å². The Hall–Kier alpha value is -3.37. The lowest BCUT2D eigenvalue weighted by molar-refractivity contribution is -0.192. The van der Waals surface area contributed by atoms with Crippen LogP contribution in [0.2, 0.25) is 5.02 Å². The Bertz CT molecular complexity index is 1730. The number of piperazine rings is 1. The number of carbonyl (C=O) groups is 1. The van der Waals surface area contributed by atoms with Gasteiger partial charge in [0.25, 0.3) is 0 Å². The Kier molecular flexibility index (Phi) is 14.1. The largest absolute Gasteiger partial charge is 0.490 e. The lowest BCUT2D eigenvalue weighted by Crippen LogP contribution is -2.45. The normalized spacial score (nSPS) is 14.4. The van der Waals surface area contributed by atoms with Gasteiger partial charge in [-0.1, -0.05) is 78.3 Å². The van der Waals surface area contributed by atoms with Gasteiger partial charge >= 0.3 is 12.1 Å². The minimum atomic E-state index is -5.08. The van der Waals surface area contributed by atoms with Crippen LogP contribution in [0.15, 0.2) is 89.1 Å². The van der Waals surface area contributed by atoms with Crippen LogP contribution in [0.25, 0.3) is 10.6 Å². The number of nitrogens with one attached hydrogen (secondary N) is 1. The fourth-order valence-corrected chi connectivity index (χ4v) is 7.78. The molecule has 3 aromatic carbocycles. The predicted molar refractivity (Wildman–Crippen MR) is 186 cm³/mol. The number of thiazole rings is 1. The van der Waals surface area contributed by atoms with Crippen LogP contribution in [0.4, 0.5) is 13.2 Å². The van der Waals surface area contributed by atoms with E-state index in [-0.39, 0.29) is 16.5 Å². The molecule has 9 nitrogen and oxygen atoms in total. The molecule has 15 heteroatoms. The van der Waals surface area contributed by atoms with Crippen molar-refractivity contribution in [2.24, 2.45) is 0 Å². The number of likely N-dealkylation sites (N-methyl/N-ethyl adjacent to an activating group) is 1. The minimum Gasteiger partial charge on any atom is -0.475 e. The minimum absolute atomic E-state index is 0.137. The molecule has 0 atom stereocenters. The molecule has 5 rings (SSSR count). The lowest BCUT2D eigenvalue weighted by Gasteiger charge is -2.32. The van der Waals surface area contributed by atoms with Gasteiger partial charge < -0.3 is 20.2 Å². The van der Waals surface area contributed by atoms with E-state index >= 15 is 0 Å². The SMILES string of the molecule is CN1CCN(CCCN(Cc2csc(-c3ccc(CNCc4ccccc4)cc3)n2)S(=O)(=O)c2ccccc2Cl)CC1.O=C(O)C(F)(F)F. The number of aromatic nitrogens is 1. The molecular formula is C34H39ClF3N5O4S2. The molecule has 1 aliphatic heterocycles. The van der Waals surface area contributed by atoms with Crippen molar-refractivity contribution >= 4 is 38.9 Å². The van der Waals surface area contributed by atoms with Crippen LogP contribution in [-0.2, 0) is 34.5 Å². The molecule has 0 bridgehead atoms. The Balaban J connectivity index is 0.000000698. The molecule has 0 spiro atoms. The van der Waals surface area contributed by atoms with Crippen molar-refractivity contribution in [2.45, 2.75) is 37.1 Å². The number of carboxylic acid groups (broad SMARTS) is 1. The van der Waals surface area contributed by atoms with E-state index in [0.29, 0.717) is 6.54 Å². The number of benzene rings is 3. The van der Waals surface area contributed by atoms with Gasteiger partial charge in [-0.2, -0.15) is 17.5 Å². The van der Waals surface area contributed by atoms with Crippen molar-refractivity contribution in [1.29, 1.82) is 0 Å². The quantitative estimate of drug-likeness (QED) is 0.167. The molecule has 264 valence electrons. The molecule has 0 radical (unpaired) electrons. The van der Waals surface area contributed by atoms with Gasteiger partial charge in [0.05, 0.1) is 17.3 Å². The fourth-order valence-electron chi connectivity index (χ4n) is 5.02. The number of sulfonamides is 1. The third-order valence-corrected chi connectivity index (χ3v) is 11.1.